The van der Waals surface area contributed by atoms with Gasteiger partial charge >= 0.3 is 0 Å². The van der Waals surface area contributed by atoms with E-state index in [1.54, 1.807) is 13.2 Å². The molecule has 3 aromatic heterocycles. The molecule has 0 spiro atoms. The largest absolute Gasteiger partial charge is 0.496 e. The van der Waals surface area contributed by atoms with E-state index < -0.39 is 0 Å². The van der Waals surface area contributed by atoms with Crippen LogP contribution in [-0.4, -0.2) is 36.7 Å². The molecular weight excluding hydrogens is 392 g/mol. The van der Waals surface area contributed by atoms with Gasteiger partial charge in [0.1, 0.15) is 11.3 Å². The van der Waals surface area contributed by atoms with Crippen molar-refractivity contribution in [3.05, 3.63) is 76.2 Å². The number of ether oxygens (including phenoxy) is 1. The molecule has 0 unspecified atom stereocenters. The van der Waals surface area contributed by atoms with E-state index in [1.807, 2.05) is 60.1 Å². The van der Waals surface area contributed by atoms with Crippen LogP contribution in [0.4, 0.5) is 0 Å². The number of hydrogen-bond donors (Lipinski definition) is 1. The highest BCUT2D eigenvalue weighted by Crippen LogP contribution is 2.32. The van der Waals surface area contributed by atoms with Crippen molar-refractivity contribution in [1.82, 2.24) is 29.6 Å². The third-order valence-corrected chi connectivity index (χ3v) is 5.58. The van der Waals surface area contributed by atoms with E-state index in [2.05, 4.69) is 22.3 Å². The zero-order valence-electron chi connectivity index (χ0n) is 17.5. The average molecular weight is 414 g/mol. The number of nitrogens with one attached hydrogen (secondary N) is 1. The first-order chi connectivity index (χ1) is 15.1. The van der Waals surface area contributed by atoms with Gasteiger partial charge in [0.15, 0.2) is 5.65 Å². The molecule has 1 atom stereocenters. The number of hydrogen-bond acceptors (Lipinski definition) is 5. The highest BCUT2D eigenvalue weighted by atomic mass is 16.5. The summed E-state index contributed by atoms with van der Waals surface area (Å²) in [5.74, 6) is 0.733. The molecule has 156 valence electrons. The summed E-state index contributed by atoms with van der Waals surface area (Å²) in [6.45, 7) is 4.01. The monoisotopic (exact) mass is 414 g/mol. The Balaban J connectivity index is 1.55. The number of methoxy groups -OCH3 is 1. The maximum Gasteiger partial charge on any atom is 0.272 e. The van der Waals surface area contributed by atoms with Crippen LogP contribution in [0.25, 0.3) is 27.9 Å². The molecule has 5 rings (SSSR count). The lowest BCUT2D eigenvalue weighted by Gasteiger charge is -2.12. The average Bonchev–Trinajstić information content (AvgIpc) is 3.36. The number of aromatic nitrogens is 6. The summed E-state index contributed by atoms with van der Waals surface area (Å²) in [6.07, 6.45) is 0.563. The van der Waals surface area contributed by atoms with Crippen molar-refractivity contribution < 1.29 is 4.74 Å². The van der Waals surface area contributed by atoms with E-state index in [0.29, 0.717) is 17.8 Å². The minimum atomic E-state index is -0.153. The number of rotatable bonds is 5. The fourth-order valence-corrected chi connectivity index (χ4v) is 4.02. The van der Waals surface area contributed by atoms with Crippen molar-refractivity contribution in [3.63, 3.8) is 0 Å². The van der Waals surface area contributed by atoms with Gasteiger partial charge in [0, 0.05) is 23.6 Å². The lowest BCUT2D eigenvalue weighted by atomic mass is 10.1. The summed E-state index contributed by atoms with van der Waals surface area (Å²) in [7, 11) is 1.63. The molecule has 8 nitrogen and oxygen atoms in total. The Morgan fingerprint density at radius 2 is 1.90 bits per heavy atom. The maximum absolute atomic E-state index is 12.9. The molecule has 0 fully saturated rings. The minimum Gasteiger partial charge on any atom is -0.496 e. The van der Waals surface area contributed by atoms with Gasteiger partial charge in [-0.2, -0.15) is 0 Å². The lowest BCUT2D eigenvalue weighted by Crippen LogP contribution is -2.18. The molecule has 5 aromatic rings. The summed E-state index contributed by atoms with van der Waals surface area (Å²) in [4.78, 5) is 17.7. The van der Waals surface area contributed by atoms with E-state index in [0.717, 1.165) is 33.6 Å². The predicted octanol–water partition coefficient (Wildman–Crippen LogP) is 3.56. The summed E-state index contributed by atoms with van der Waals surface area (Å²) >= 11 is 0. The lowest BCUT2D eigenvalue weighted by molar-refractivity contribution is 0.416. The smallest absolute Gasteiger partial charge is 0.272 e. The van der Waals surface area contributed by atoms with Crippen LogP contribution in [0.2, 0.25) is 0 Å². The summed E-state index contributed by atoms with van der Waals surface area (Å²) < 4.78 is 8.85. The molecule has 2 aromatic carbocycles. The Labute approximate surface area is 178 Å². The minimum absolute atomic E-state index is 0.00492. The van der Waals surface area contributed by atoms with E-state index in [1.165, 1.54) is 4.52 Å². The van der Waals surface area contributed by atoms with Crippen LogP contribution < -0.4 is 10.3 Å². The van der Waals surface area contributed by atoms with Crippen LogP contribution in [0, 0.1) is 6.92 Å². The normalized spacial score (nSPS) is 12.5. The second-order valence-electron chi connectivity index (χ2n) is 7.63. The van der Waals surface area contributed by atoms with Crippen molar-refractivity contribution in [2.24, 2.45) is 0 Å². The van der Waals surface area contributed by atoms with Crippen LogP contribution >= 0.6 is 0 Å². The van der Waals surface area contributed by atoms with Crippen LogP contribution in [0.15, 0.2) is 59.4 Å². The maximum atomic E-state index is 12.9. The third-order valence-electron chi connectivity index (χ3n) is 5.58. The molecule has 0 aliphatic heterocycles. The van der Waals surface area contributed by atoms with E-state index >= 15 is 0 Å². The molecule has 0 aliphatic carbocycles. The Bertz CT molecular complexity index is 1460. The van der Waals surface area contributed by atoms with Gasteiger partial charge in [0.25, 0.3) is 5.56 Å². The van der Waals surface area contributed by atoms with Crippen LogP contribution in [-0.2, 0) is 6.42 Å². The Hall–Kier alpha value is -3.94. The number of aryl methyl sites for hydroxylation is 1. The number of aromatic amines is 1. The molecule has 0 saturated carbocycles. The molecule has 1 N–H and O–H groups in total. The molecule has 0 saturated heterocycles. The van der Waals surface area contributed by atoms with E-state index in [9.17, 15) is 4.79 Å². The zero-order chi connectivity index (χ0) is 21.5. The molecule has 0 radical (unpaired) electrons. The van der Waals surface area contributed by atoms with Gasteiger partial charge in [-0.3, -0.25) is 9.89 Å². The van der Waals surface area contributed by atoms with Gasteiger partial charge in [-0.15, -0.1) is 5.10 Å². The predicted molar refractivity (Wildman–Crippen MR) is 118 cm³/mol. The third kappa shape index (κ3) is 3.16. The Kier molecular flexibility index (Phi) is 4.54. The van der Waals surface area contributed by atoms with Crippen LogP contribution in [0.3, 0.4) is 0 Å². The van der Waals surface area contributed by atoms with Gasteiger partial charge in [-0.1, -0.05) is 29.5 Å². The molecule has 3 heterocycles. The van der Waals surface area contributed by atoms with Crippen molar-refractivity contribution >= 4 is 16.7 Å². The SMILES string of the molecule is COc1ccccc1-c1[nH]n2c(=O)cc(C[C@H](C)n3nnc4ccccc43)nc2c1C. The molecule has 0 bridgehead atoms. The first-order valence-electron chi connectivity index (χ1n) is 10.1. The molecule has 31 heavy (non-hydrogen) atoms. The molecular formula is C23H22N6O2. The Morgan fingerprint density at radius 1 is 1.13 bits per heavy atom. The van der Waals surface area contributed by atoms with Crippen molar-refractivity contribution in [3.8, 4) is 17.0 Å². The van der Waals surface area contributed by atoms with Crippen LogP contribution in [0.1, 0.15) is 24.2 Å². The standard InChI is InChI=1S/C23H22N6O2/c1-14(28-19-10-6-5-9-18(19)25-27-28)12-16-13-21(30)29-23(24-16)15(2)22(26-29)17-8-4-7-11-20(17)31-3/h4-11,13-14,26H,12H2,1-3H3/t14-/m0/s1. The van der Waals surface area contributed by atoms with Crippen molar-refractivity contribution in [1.29, 1.82) is 0 Å². The van der Waals surface area contributed by atoms with Gasteiger partial charge < -0.3 is 4.74 Å². The van der Waals surface area contributed by atoms with Gasteiger partial charge in [-0.05, 0) is 38.1 Å². The quantitative estimate of drug-likeness (QED) is 0.475. The van der Waals surface area contributed by atoms with E-state index in [-0.39, 0.29) is 11.6 Å². The summed E-state index contributed by atoms with van der Waals surface area (Å²) in [6, 6.07) is 17.1. The van der Waals surface area contributed by atoms with E-state index in [4.69, 9.17) is 9.72 Å². The fraction of sp³-hybridized carbons (Fsp3) is 0.217. The first kappa shape index (κ1) is 19.0. The van der Waals surface area contributed by atoms with Gasteiger partial charge in [0.05, 0.1) is 30.1 Å². The zero-order valence-corrected chi connectivity index (χ0v) is 17.5. The van der Waals surface area contributed by atoms with Gasteiger partial charge in [-0.25, -0.2) is 14.2 Å². The number of para-hydroxylation sites is 2. The van der Waals surface area contributed by atoms with Crippen molar-refractivity contribution in [2.45, 2.75) is 26.3 Å². The summed E-state index contributed by atoms with van der Waals surface area (Å²) in [5.41, 5.74) is 5.57. The summed E-state index contributed by atoms with van der Waals surface area (Å²) in [5, 5.41) is 11.7. The van der Waals surface area contributed by atoms with Crippen molar-refractivity contribution in [2.75, 3.05) is 7.11 Å². The number of fused-ring (bicyclic) bond motifs is 2. The Morgan fingerprint density at radius 3 is 2.74 bits per heavy atom. The first-order valence-corrected chi connectivity index (χ1v) is 10.1. The second kappa shape index (κ2) is 7.39. The topological polar surface area (TPSA) is 90.1 Å². The molecule has 0 aliphatic rings. The highest BCUT2D eigenvalue weighted by Gasteiger charge is 2.18. The van der Waals surface area contributed by atoms with Crippen LogP contribution in [0.5, 0.6) is 5.75 Å². The molecule has 8 heteroatoms. The highest BCUT2D eigenvalue weighted by molar-refractivity contribution is 5.75. The second-order valence-corrected chi connectivity index (χ2v) is 7.63. The fourth-order valence-electron chi connectivity index (χ4n) is 4.02. The number of nitrogens with zero attached hydrogens (tertiary/aromatic N) is 5. The van der Waals surface area contributed by atoms with Gasteiger partial charge in [0.2, 0.25) is 0 Å². The number of H-pyrrole nitrogens is 1. The molecule has 0 amide bonds. The number of benzene rings is 2.